The SMILES string of the molecule is COC(=O)c1cc2c(nc(Cc3ccc(Br)cc3F)n2CC2CCCCO2)s1. The van der Waals surface area contributed by atoms with E-state index in [1.165, 1.54) is 24.5 Å². The number of benzene rings is 1. The van der Waals surface area contributed by atoms with Crippen molar-refractivity contribution in [2.24, 2.45) is 0 Å². The maximum atomic E-state index is 14.4. The molecule has 1 aliphatic heterocycles. The van der Waals surface area contributed by atoms with Crippen LogP contribution in [-0.2, 0) is 22.4 Å². The van der Waals surface area contributed by atoms with Gasteiger partial charge in [0, 0.05) is 17.5 Å². The average Bonchev–Trinajstić information content (AvgIpc) is 3.23. The number of rotatable bonds is 5. The molecule has 0 saturated carbocycles. The van der Waals surface area contributed by atoms with Crippen molar-refractivity contribution in [3.05, 3.63) is 50.8 Å². The normalized spacial score (nSPS) is 17.2. The number of carbonyl (C=O) groups is 1. The third-order valence-electron chi connectivity index (χ3n) is 4.94. The molecule has 1 saturated heterocycles. The second kappa shape index (κ2) is 8.31. The zero-order valence-corrected chi connectivity index (χ0v) is 17.8. The van der Waals surface area contributed by atoms with E-state index in [1.54, 1.807) is 6.07 Å². The fourth-order valence-corrected chi connectivity index (χ4v) is 4.80. The molecule has 5 nitrogen and oxygen atoms in total. The minimum absolute atomic E-state index is 0.0983. The molecular formula is C20H20BrFN2O3S. The predicted octanol–water partition coefficient (Wildman–Crippen LogP) is 4.95. The smallest absolute Gasteiger partial charge is 0.348 e. The summed E-state index contributed by atoms with van der Waals surface area (Å²) in [4.78, 5) is 17.9. The summed E-state index contributed by atoms with van der Waals surface area (Å²) in [7, 11) is 1.37. The maximum absolute atomic E-state index is 14.4. The van der Waals surface area contributed by atoms with Gasteiger partial charge < -0.3 is 14.0 Å². The van der Waals surface area contributed by atoms with Crippen LogP contribution in [-0.4, -0.2) is 35.3 Å². The van der Waals surface area contributed by atoms with Crippen LogP contribution >= 0.6 is 27.3 Å². The summed E-state index contributed by atoms with van der Waals surface area (Å²) in [6.07, 6.45) is 3.68. The van der Waals surface area contributed by atoms with Crippen molar-refractivity contribution >= 4 is 43.6 Å². The summed E-state index contributed by atoms with van der Waals surface area (Å²) in [6, 6.07) is 6.87. The monoisotopic (exact) mass is 466 g/mol. The van der Waals surface area contributed by atoms with E-state index in [0.29, 0.717) is 27.9 Å². The molecule has 3 heterocycles. The topological polar surface area (TPSA) is 53.3 Å². The molecule has 0 spiro atoms. The lowest BCUT2D eigenvalue weighted by Crippen LogP contribution is -2.25. The molecule has 0 bridgehead atoms. The average molecular weight is 467 g/mol. The molecule has 1 fully saturated rings. The van der Waals surface area contributed by atoms with Crippen LogP contribution < -0.4 is 0 Å². The number of methoxy groups -OCH3 is 1. The molecule has 0 radical (unpaired) electrons. The van der Waals surface area contributed by atoms with Crippen LogP contribution in [0.4, 0.5) is 4.39 Å². The number of esters is 1. The Hall–Kier alpha value is -1.77. The van der Waals surface area contributed by atoms with Crippen LogP contribution in [0.25, 0.3) is 10.3 Å². The van der Waals surface area contributed by atoms with Gasteiger partial charge >= 0.3 is 5.97 Å². The largest absolute Gasteiger partial charge is 0.465 e. The van der Waals surface area contributed by atoms with Crippen LogP contribution in [0.1, 0.15) is 40.3 Å². The van der Waals surface area contributed by atoms with Crippen molar-refractivity contribution in [1.82, 2.24) is 9.55 Å². The molecule has 2 aromatic heterocycles. The molecule has 1 aromatic carbocycles. The van der Waals surface area contributed by atoms with Crippen molar-refractivity contribution in [1.29, 1.82) is 0 Å². The van der Waals surface area contributed by atoms with Crippen LogP contribution in [0.3, 0.4) is 0 Å². The lowest BCUT2D eigenvalue weighted by atomic mass is 10.1. The summed E-state index contributed by atoms with van der Waals surface area (Å²) in [6.45, 7) is 1.40. The van der Waals surface area contributed by atoms with E-state index < -0.39 is 0 Å². The highest BCUT2D eigenvalue weighted by Crippen LogP contribution is 2.30. The summed E-state index contributed by atoms with van der Waals surface area (Å²) >= 11 is 4.59. The van der Waals surface area contributed by atoms with Gasteiger partial charge in [0.05, 0.1) is 25.3 Å². The van der Waals surface area contributed by atoms with Crippen molar-refractivity contribution < 1.29 is 18.7 Å². The van der Waals surface area contributed by atoms with Crippen molar-refractivity contribution in [2.45, 2.75) is 38.3 Å². The Morgan fingerprint density at radius 2 is 2.29 bits per heavy atom. The fraction of sp³-hybridized carbons (Fsp3) is 0.400. The predicted molar refractivity (Wildman–Crippen MR) is 109 cm³/mol. The first-order valence-corrected chi connectivity index (χ1v) is 10.8. The van der Waals surface area contributed by atoms with E-state index in [1.807, 2.05) is 12.1 Å². The number of imidazole rings is 1. The Bertz CT molecular complexity index is 1010. The molecule has 4 rings (SSSR count). The molecule has 1 unspecified atom stereocenters. The van der Waals surface area contributed by atoms with E-state index in [0.717, 1.165) is 42.0 Å². The van der Waals surface area contributed by atoms with Gasteiger partial charge in [-0.1, -0.05) is 22.0 Å². The zero-order chi connectivity index (χ0) is 19.7. The molecule has 3 aromatic rings. The van der Waals surface area contributed by atoms with E-state index in [4.69, 9.17) is 14.5 Å². The van der Waals surface area contributed by atoms with Gasteiger partial charge in [0.1, 0.15) is 21.3 Å². The number of fused-ring (bicyclic) bond motifs is 1. The number of carbonyl (C=O) groups excluding carboxylic acids is 1. The third kappa shape index (κ3) is 3.99. The van der Waals surface area contributed by atoms with E-state index in [-0.39, 0.29) is 17.9 Å². The molecule has 0 N–H and O–H groups in total. The molecule has 1 aliphatic rings. The number of hydrogen-bond acceptors (Lipinski definition) is 5. The molecule has 28 heavy (non-hydrogen) atoms. The van der Waals surface area contributed by atoms with Gasteiger partial charge in [-0.3, -0.25) is 0 Å². The third-order valence-corrected chi connectivity index (χ3v) is 6.43. The number of aromatic nitrogens is 2. The van der Waals surface area contributed by atoms with Gasteiger partial charge in [-0.05, 0) is 43.0 Å². The Balaban J connectivity index is 1.72. The first-order chi connectivity index (χ1) is 13.5. The van der Waals surface area contributed by atoms with E-state index in [2.05, 4.69) is 20.5 Å². The van der Waals surface area contributed by atoms with Crippen LogP contribution in [0.5, 0.6) is 0 Å². The number of ether oxygens (including phenoxy) is 2. The van der Waals surface area contributed by atoms with Gasteiger partial charge in [0.15, 0.2) is 0 Å². The highest BCUT2D eigenvalue weighted by molar-refractivity contribution is 9.10. The Morgan fingerprint density at radius 1 is 1.43 bits per heavy atom. The van der Waals surface area contributed by atoms with Crippen LogP contribution in [0.15, 0.2) is 28.7 Å². The molecule has 8 heteroatoms. The second-order valence-corrected chi connectivity index (χ2v) is 8.78. The first kappa shape index (κ1) is 19.5. The number of hydrogen-bond donors (Lipinski definition) is 0. The number of thiophene rings is 1. The van der Waals surface area contributed by atoms with Gasteiger partial charge in [-0.15, -0.1) is 11.3 Å². The van der Waals surface area contributed by atoms with Crippen LogP contribution in [0.2, 0.25) is 0 Å². The fourth-order valence-electron chi connectivity index (χ4n) is 3.49. The molecule has 0 aliphatic carbocycles. The van der Waals surface area contributed by atoms with Crippen LogP contribution in [0, 0.1) is 5.82 Å². The standard InChI is InChI=1S/C20H20BrFN2O3S/c1-26-20(25)17-10-16-19(28-17)23-18(8-12-5-6-13(21)9-15(12)22)24(16)11-14-4-2-3-7-27-14/h5-6,9-10,14H,2-4,7-8,11H2,1H3. The van der Waals surface area contributed by atoms with Gasteiger partial charge in [0.25, 0.3) is 0 Å². The van der Waals surface area contributed by atoms with E-state index in [9.17, 15) is 9.18 Å². The maximum Gasteiger partial charge on any atom is 0.348 e. The quantitative estimate of drug-likeness (QED) is 0.499. The van der Waals surface area contributed by atoms with Crippen molar-refractivity contribution in [3.63, 3.8) is 0 Å². The molecular weight excluding hydrogens is 447 g/mol. The highest BCUT2D eigenvalue weighted by atomic mass is 79.9. The van der Waals surface area contributed by atoms with Gasteiger partial charge in [-0.25, -0.2) is 14.2 Å². The Labute approximate surface area is 174 Å². The minimum Gasteiger partial charge on any atom is -0.465 e. The Kier molecular flexibility index (Phi) is 5.80. The second-order valence-electron chi connectivity index (χ2n) is 6.83. The van der Waals surface area contributed by atoms with Crippen molar-refractivity contribution in [3.8, 4) is 0 Å². The zero-order valence-electron chi connectivity index (χ0n) is 15.4. The summed E-state index contributed by atoms with van der Waals surface area (Å²) < 4.78 is 27.9. The minimum atomic E-state index is -0.371. The van der Waals surface area contributed by atoms with Gasteiger partial charge in [-0.2, -0.15) is 0 Å². The molecule has 0 amide bonds. The summed E-state index contributed by atoms with van der Waals surface area (Å²) in [5.41, 5.74) is 1.45. The Morgan fingerprint density at radius 3 is 3.00 bits per heavy atom. The summed E-state index contributed by atoms with van der Waals surface area (Å²) in [5.74, 6) is 0.133. The molecule has 148 valence electrons. The number of halogens is 2. The highest BCUT2D eigenvalue weighted by Gasteiger charge is 2.22. The van der Waals surface area contributed by atoms with E-state index >= 15 is 0 Å². The number of nitrogens with zero attached hydrogens (tertiary/aromatic N) is 2. The molecule has 1 atom stereocenters. The summed E-state index contributed by atoms with van der Waals surface area (Å²) in [5, 5.41) is 0. The lowest BCUT2D eigenvalue weighted by Gasteiger charge is -2.24. The lowest BCUT2D eigenvalue weighted by molar-refractivity contribution is 0.00623. The first-order valence-electron chi connectivity index (χ1n) is 9.18. The van der Waals surface area contributed by atoms with Gasteiger partial charge in [0.2, 0.25) is 0 Å². The van der Waals surface area contributed by atoms with Crippen molar-refractivity contribution in [2.75, 3.05) is 13.7 Å².